The molecule has 0 aliphatic carbocycles. The molecule has 11 heavy (non-hydrogen) atoms. The van der Waals surface area contributed by atoms with Gasteiger partial charge >= 0.3 is 12.0 Å². The van der Waals surface area contributed by atoms with Gasteiger partial charge in [-0.15, -0.1) is 0 Å². The number of rotatable bonds is 2. The van der Waals surface area contributed by atoms with Crippen molar-refractivity contribution in [2.45, 2.75) is 13.8 Å². The maximum absolute atomic E-state index is 10.3. The largest absolute Gasteiger partial charge is 0.477 e. The van der Waals surface area contributed by atoms with Crippen LogP contribution in [0.15, 0.2) is 11.3 Å². The first-order valence-electron chi connectivity index (χ1n) is 2.92. The summed E-state index contributed by atoms with van der Waals surface area (Å²) in [5, 5.41) is 10.5. The Morgan fingerprint density at radius 3 is 1.91 bits per heavy atom. The van der Waals surface area contributed by atoms with Crippen LogP contribution in [0.2, 0.25) is 0 Å². The van der Waals surface area contributed by atoms with E-state index < -0.39 is 12.0 Å². The molecular weight excluding hydrogens is 148 g/mol. The van der Waals surface area contributed by atoms with Gasteiger partial charge in [-0.3, -0.25) is 0 Å². The lowest BCUT2D eigenvalue weighted by atomic mass is 10.2. The van der Waals surface area contributed by atoms with Crippen molar-refractivity contribution in [1.82, 2.24) is 5.32 Å². The van der Waals surface area contributed by atoms with E-state index in [1.807, 2.05) is 5.32 Å². The lowest BCUT2D eigenvalue weighted by Gasteiger charge is -2.03. The lowest BCUT2D eigenvalue weighted by Crippen LogP contribution is -2.32. The fraction of sp³-hybridized carbons (Fsp3) is 0.333. The van der Waals surface area contributed by atoms with Crippen LogP contribution in [0.4, 0.5) is 4.79 Å². The molecule has 62 valence electrons. The zero-order valence-electron chi connectivity index (χ0n) is 6.34. The van der Waals surface area contributed by atoms with Crippen molar-refractivity contribution in [1.29, 1.82) is 0 Å². The van der Waals surface area contributed by atoms with Gasteiger partial charge < -0.3 is 16.2 Å². The Kier molecular flexibility index (Phi) is 3.10. The van der Waals surface area contributed by atoms with Crippen molar-refractivity contribution in [3.8, 4) is 0 Å². The molecule has 0 unspecified atom stereocenters. The Bertz CT molecular complexity index is 216. The average Bonchev–Trinajstić information content (AvgIpc) is 1.81. The zero-order chi connectivity index (χ0) is 9.02. The van der Waals surface area contributed by atoms with Gasteiger partial charge in [0.2, 0.25) is 0 Å². The van der Waals surface area contributed by atoms with Crippen LogP contribution >= 0.6 is 0 Å². The second kappa shape index (κ2) is 3.60. The highest BCUT2D eigenvalue weighted by Gasteiger charge is 2.09. The number of nitrogens with one attached hydrogen (secondary N) is 1. The summed E-state index contributed by atoms with van der Waals surface area (Å²) in [6, 6.07) is -0.872. The number of urea groups is 1. The van der Waals surface area contributed by atoms with Crippen molar-refractivity contribution in [2.24, 2.45) is 5.73 Å². The molecule has 5 heteroatoms. The van der Waals surface area contributed by atoms with E-state index >= 15 is 0 Å². The highest BCUT2D eigenvalue weighted by Crippen LogP contribution is 1.98. The van der Waals surface area contributed by atoms with Crippen molar-refractivity contribution < 1.29 is 14.7 Å². The standard InChI is InChI=1S/C6H10N2O3/c1-3(2)4(5(9)10)8-6(7)11/h1-2H3,(H,9,10)(H3,7,8,11). The molecule has 0 rings (SSSR count). The Hall–Kier alpha value is -1.52. The summed E-state index contributed by atoms with van der Waals surface area (Å²) < 4.78 is 0. The van der Waals surface area contributed by atoms with Crippen LogP contribution in [-0.2, 0) is 4.79 Å². The third kappa shape index (κ3) is 3.24. The molecular formula is C6H10N2O3. The van der Waals surface area contributed by atoms with E-state index in [1.54, 1.807) is 13.8 Å². The molecule has 0 aromatic rings. The minimum Gasteiger partial charge on any atom is -0.477 e. The predicted octanol–water partition coefficient (Wildman–Crippen LogP) is 0.0332. The van der Waals surface area contributed by atoms with Crippen LogP contribution in [0.3, 0.4) is 0 Å². The monoisotopic (exact) mass is 158 g/mol. The van der Waals surface area contributed by atoms with E-state index in [4.69, 9.17) is 10.8 Å². The first kappa shape index (κ1) is 9.48. The normalized spacial score (nSPS) is 8.55. The Morgan fingerprint density at radius 2 is 1.82 bits per heavy atom. The molecule has 0 aromatic heterocycles. The summed E-state index contributed by atoms with van der Waals surface area (Å²) in [7, 11) is 0. The molecule has 0 bridgehead atoms. The Morgan fingerprint density at radius 1 is 1.36 bits per heavy atom. The SMILES string of the molecule is CC(C)=C(NC(N)=O)C(=O)O. The van der Waals surface area contributed by atoms with Crippen LogP contribution in [0.5, 0.6) is 0 Å². The van der Waals surface area contributed by atoms with Gasteiger partial charge in [0.05, 0.1) is 0 Å². The molecule has 0 aromatic carbocycles. The summed E-state index contributed by atoms with van der Waals surface area (Å²) in [6.07, 6.45) is 0. The Balaban J connectivity index is 4.52. The smallest absolute Gasteiger partial charge is 0.352 e. The first-order valence-corrected chi connectivity index (χ1v) is 2.92. The van der Waals surface area contributed by atoms with Gasteiger partial charge in [-0.25, -0.2) is 9.59 Å². The second-order valence-corrected chi connectivity index (χ2v) is 2.17. The molecule has 0 spiro atoms. The zero-order valence-corrected chi connectivity index (χ0v) is 6.34. The van der Waals surface area contributed by atoms with E-state index in [9.17, 15) is 9.59 Å². The second-order valence-electron chi connectivity index (χ2n) is 2.17. The third-order valence-electron chi connectivity index (χ3n) is 0.962. The number of hydrogen-bond donors (Lipinski definition) is 3. The van der Waals surface area contributed by atoms with Crippen molar-refractivity contribution in [3.63, 3.8) is 0 Å². The molecule has 0 saturated carbocycles. The predicted molar refractivity (Wildman–Crippen MR) is 38.7 cm³/mol. The van der Waals surface area contributed by atoms with Gasteiger partial charge in [0.15, 0.2) is 0 Å². The summed E-state index contributed by atoms with van der Waals surface area (Å²) >= 11 is 0. The van der Waals surface area contributed by atoms with E-state index in [2.05, 4.69) is 0 Å². The van der Waals surface area contributed by atoms with Gasteiger partial charge in [0.1, 0.15) is 5.70 Å². The molecule has 0 aliphatic rings. The summed E-state index contributed by atoms with van der Waals surface area (Å²) in [4.78, 5) is 20.6. The number of nitrogens with two attached hydrogens (primary N) is 1. The van der Waals surface area contributed by atoms with Gasteiger partial charge in [-0.1, -0.05) is 0 Å². The number of amides is 2. The summed E-state index contributed by atoms with van der Waals surface area (Å²) in [6.45, 7) is 3.14. The molecule has 2 amide bonds. The molecule has 0 fully saturated rings. The summed E-state index contributed by atoms with van der Waals surface area (Å²) in [5.41, 5.74) is 5.05. The number of aliphatic carboxylic acids is 1. The quantitative estimate of drug-likeness (QED) is 0.495. The van der Waals surface area contributed by atoms with Crippen LogP contribution in [0.25, 0.3) is 0 Å². The summed E-state index contributed by atoms with van der Waals surface area (Å²) in [5.74, 6) is -1.19. The van der Waals surface area contributed by atoms with Crippen molar-refractivity contribution >= 4 is 12.0 Å². The number of allylic oxidation sites excluding steroid dienone is 1. The maximum Gasteiger partial charge on any atom is 0.352 e. The number of carboxylic acid groups (broad SMARTS) is 1. The molecule has 0 atom stereocenters. The topological polar surface area (TPSA) is 92.4 Å². The molecule has 0 saturated heterocycles. The van der Waals surface area contributed by atoms with E-state index in [0.29, 0.717) is 5.57 Å². The minimum atomic E-state index is -1.19. The number of carbonyl (C=O) groups excluding carboxylic acids is 1. The molecule has 0 heterocycles. The highest BCUT2D eigenvalue weighted by atomic mass is 16.4. The van der Waals surface area contributed by atoms with Gasteiger partial charge in [0.25, 0.3) is 0 Å². The number of carboxylic acids is 1. The fourth-order valence-electron chi connectivity index (χ4n) is 0.516. The molecule has 4 N–H and O–H groups in total. The first-order chi connectivity index (χ1) is 4.95. The van der Waals surface area contributed by atoms with E-state index in [-0.39, 0.29) is 5.70 Å². The van der Waals surface area contributed by atoms with Crippen molar-refractivity contribution in [3.05, 3.63) is 11.3 Å². The van der Waals surface area contributed by atoms with Crippen LogP contribution in [0.1, 0.15) is 13.8 Å². The van der Waals surface area contributed by atoms with E-state index in [0.717, 1.165) is 0 Å². The van der Waals surface area contributed by atoms with E-state index in [1.165, 1.54) is 0 Å². The maximum atomic E-state index is 10.3. The fourth-order valence-corrected chi connectivity index (χ4v) is 0.516. The van der Waals surface area contributed by atoms with Crippen LogP contribution < -0.4 is 11.1 Å². The van der Waals surface area contributed by atoms with Crippen molar-refractivity contribution in [2.75, 3.05) is 0 Å². The third-order valence-corrected chi connectivity index (χ3v) is 0.962. The minimum absolute atomic E-state index is 0.169. The molecule has 0 aliphatic heterocycles. The number of carbonyl (C=O) groups is 2. The van der Waals surface area contributed by atoms with Crippen LogP contribution in [0, 0.1) is 0 Å². The van der Waals surface area contributed by atoms with Crippen LogP contribution in [-0.4, -0.2) is 17.1 Å². The van der Waals surface area contributed by atoms with Gasteiger partial charge in [-0.2, -0.15) is 0 Å². The molecule has 5 nitrogen and oxygen atoms in total. The average molecular weight is 158 g/mol. The lowest BCUT2D eigenvalue weighted by molar-refractivity contribution is -0.133. The Labute approximate surface area is 63.9 Å². The molecule has 0 radical (unpaired) electrons. The number of hydrogen-bond acceptors (Lipinski definition) is 2. The number of primary amides is 1. The van der Waals surface area contributed by atoms with Gasteiger partial charge in [-0.05, 0) is 19.4 Å². The highest BCUT2D eigenvalue weighted by molar-refractivity contribution is 5.92. The van der Waals surface area contributed by atoms with Gasteiger partial charge in [0, 0.05) is 0 Å².